The van der Waals surface area contributed by atoms with Crippen molar-refractivity contribution in [3.05, 3.63) is 49.0 Å². The Morgan fingerprint density at radius 2 is 2.00 bits per heavy atom. The van der Waals surface area contributed by atoms with Crippen molar-refractivity contribution in [3.8, 4) is 0 Å². The van der Waals surface area contributed by atoms with Gasteiger partial charge in [-0.2, -0.15) is 0 Å². The Labute approximate surface area is 133 Å². The van der Waals surface area contributed by atoms with Gasteiger partial charge < -0.3 is 5.11 Å². The van der Waals surface area contributed by atoms with Gasteiger partial charge in [0.2, 0.25) is 0 Å². The van der Waals surface area contributed by atoms with Crippen LogP contribution in [0.2, 0.25) is 0 Å². The molecule has 0 aliphatic rings. The molecular weight excluding hydrogens is 416 g/mol. The summed E-state index contributed by atoms with van der Waals surface area (Å²) in [5.74, 6) is -0.754. The Morgan fingerprint density at radius 1 is 1.26 bits per heavy atom. The fraction of sp³-hybridized carbons (Fsp3) is 0.0833. The first kappa shape index (κ1) is 14.9. The fourth-order valence-electron chi connectivity index (χ4n) is 1.50. The highest BCUT2D eigenvalue weighted by Crippen LogP contribution is 2.25. The standard InChI is InChI=1S/C12H8Br2O3S2/c13-7-1-2-10(12(15)16)11(4-7)19(17)6-9-3-8(14)5-18-9/h1-5H,6H2,(H,15,16). The van der Waals surface area contributed by atoms with Crippen LogP contribution in [-0.2, 0) is 16.6 Å². The Morgan fingerprint density at radius 3 is 2.58 bits per heavy atom. The molecule has 0 aliphatic carbocycles. The lowest BCUT2D eigenvalue weighted by atomic mass is 10.2. The smallest absolute Gasteiger partial charge is 0.336 e. The Hall–Kier alpha value is -0.500. The minimum absolute atomic E-state index is 0.0807. The molecule has 19 heavy (non-hydrogen) atoms. The maximum atomic E-state index is 12.3. The molecule has 100 valence electrons. The van der Waals surface area contributed by atoms with Crippen LogP contribution in [0.25, 0.3) is 0 Å². The van der Waals surface area contributed by atoms with E-state index in [2.05, 4.69) is 31.9 Å². The van der Waals surface area contributed by atoms with Gasteiger partial charge in [-0.05, 0) is 40.2 Å². The van der Waals surface area contributed by atoms with Crippen molar-refractivity contribution < 1.29 is 14.1 Å². The summed E-state index contributed by atoms with van der Waals surface area (Å²) in [6.45, 7) is 0. The first-order valence-corrected chi connectivity index (χ1v) is 8.90. The van der Waals surface area contributed by atoms with Crippen molar-refractivity contribution in [2.75, 3.05) is 0 Å². The summed E-state index contributed by atoms with van der Waals surface area (Å²) in [4.78, 5) is 12.4. The molecule has 0 spiro atoms. The zero-order valence-corrected chi connectivity index (χ0v) is 14.2. The molecule has 2 aromatic rings. The number of carboxylic acids is 1. The molecule has 1 unspecified atom stereocenters. The fourth-order valence-corrected chi connectivity index (χ4v) is 5.00. The van der Waals surface area contributed by atoms with Crippen LogP contribution in [0.4, 0.5) is 0 Å². The number of aromatic carboxylic acids is 1. The Kier molecular flexibility index (Phi) is 4.94. The zero-order valence-electron chi connectivity index (χ0n) is 9.43. The van der Waals surface area contributed by atoms with E-state index < -0.39 is 16.8 Å². The third kappa shape index (κ3) is 3.75. The van der Waals surface area contributed by atoms with Crippen molar-refractivity contribution in [3.63, 3.8) is 0 Å². The molecule has 0 amide bonds. The van der Waals surface area contributed by atoms with Gasteiger partial charge in [0, 0.05) is 19.2 Å². The molecule has 1 heterocycles. The summed E-state index contributed by atoms with van der Waals surface area (Å²) in [6.07, 6.45) is 0. The monoisotopic (exact) mass is 422 g/mol. The predicted molar refractivity (Wildman–Crippen MR) is 83.2 cm³/mol. The van der Waals surface area contributed by atoms with Crippen LogP contribution in [0.3, 0.4) is 0 Å². The Balaban J connectivity index is 2.32. The molecule has 0 fully saturated rings. The third-order valence-corrected chi connectivity index (χ3v) is 6.09. The molecule has 0 aliphatic heterocycles. The van der Waals surface area contributed by atoms with Gasteiger partial charge in [-0.15, -0.1) is 11.3 Å². The number of hydrogen-bond donors (Lipinski definition) is 1. The van der Waals surface area contributed by atoms with E-state index in [4.69, 9.17) is 5.11 Å². The molecule has 1 aromatic carbocycles. The van der Waals surface area contributed by atoms with Crippen LogP contribution in [0, 0.1) is 0 Å². The van der Waals surface area contributed by atoms with Crippen molar-refractivity contribution in [2.24, 2.45) is 0 Å². The van der Waals surface area contributed by atoms with E-state index in [-0.39, 0.29) is 5.56 Å². The van der Waals surface area contributed by atoms with Gasteiger partial charge in [-0.3, -0.25) is 4.21 Å². The van der Waals surface area contributed by atoms with Crippen LogP contribution in [0.1, 0.15) is 15.2 Å². The molecule has 1 N–H and O–H groups in total. The van der Waals surface area contributed by atoms with Gasteiger partial charge in [0.05, 0.1) is 27.0 Å². The number of carboxylic acid groups (broad SMARTS) is 1. The summed E-state index contributed by atoms with van der Waals surface area (Å²) in [6, 6.07) is 6.58. The first-order valence-electron chi connectivity index (χ1n) is 5.11. The number of hydrogen-bond acceptors (Lipinski definition) is 3. The highest BCUT2D eigenvalue weighted by molar-refractivity contribution is 9.10. The molecule has 1 atom stereocenters. The highest BCUT2D eigenvalue weighted by atomic mass is 79.9. The number of thiophene rings is 1. The topological polar surface area (TPSA) is 54.4 Å². The van der Waals surface area contributed by atoms with Crippen molar-refractivity contribution >= 4 is 60.0 Å². The first-order chi connectivity index (χ1) is 8.97. The van der Waals surface area contributed by atoms with E-state index >= 15 is 0 Å². The van der Waals surface area contributed by atoms with E-state index in [0.29, 0.717) is 15.1 Å². The minimum Gasteiger partial charge on any atom is -0.478 e. The molecule has 3 nitrogen and oxygen atoms in total. The van der Waals surface area contributed by atoms with Crippen LogP contribution in [-0.4, -0.2) is 15.3 Å². The van der Waals surface area contributed by atoms with Gasteiger partial charge >= 0.3 is 5.97 Å². The van der Waals surface area contributed by atoms with Crippen LogP contribution >= 0.6 is 43.2 Å². The van der Waals surface area contributed by atoms with Gasteiger partial charge in [0.25, 0.3) is 0 Å². The summed E-state index contributed by atoms with van der Waals surface area (Å²) >= 11 is 8.10. The number of benzene rings is 1. The average Bonchev–Trinajstić information content (AvgIpc) is 2.74. The number of halogens is 2. The largest absolute Gasteiger partial charge is 0.478 e. The van der Waals surface area contributed by atoms with Crippen molar-refractivity contribution in [1.82, 2.24) is 0 Å². The van der Waals surface area contributed by atoms with E-state index in [1.54, 1.807) is 12.1 Å². The molecular formula is C12H8Br2O3S2. The summed E-state index contributed by atoms with van der Waals surface area (Å²) in [5.41, 5.74) is 0.0807. The quantitative estimate of drug-likeness (QED) is 0.798. The van der Waals surface area contributed by atoms with E-state index in [0.717, 1.165) is 9.35 Å². The van der Waals surface area contributed by atoms with Gasteiger partial charge in [0.1, 0.15) is 0 Å². The summed E-state index contributed by atoms with van der Waals surface area (Å²) < 4.78 is 14.0. The van der Waals surface area contributed by atoms with Crippen LogP contribution in [0.15, 0.2) is 43.5 Å². The normalized spacial score (nSPS) is 12.3. The Bertz CT molecular complexity index is 652. The second kappa shape index (κ2) is 6.30. The maximum Gasteiger partial charge on any atom is 0.336 e. The third-order valence-electron chi connectivity index (χ3n) is 2.31. The van der Waals surface area contributed by atoms with Crippen molar-refractivity contribution in [1.29, 1.82) is 0 Å². The molecule has 0 saturated carbocycles. The summed E-state index contributed by atoms with van der Waals surface area (Å²) in [7, 11) is -1.38. The van der Waals surface area contributed by atoms with Crippen molar-refractivity contribution in [2.45, 2.75) is 10.6 Å². The molecule has 0 saturated heterocycles. The lowest BCUT2D eigenvalue weighted by molar-refractivity contribution is 0.0693. The molecule has 2 rings (SSSR count). The summed E-state index contributed by atoms with van der Waals surface area (Å²) in [5, 5.41) is 11.0. The maximum absolute atomic E-state index is 12.3. The highest BCUT2D eigenvalue weighted by Gasteiger charge is 2.16. The zero-order chi connectivity index (χ0) is 14.0. The number of rotatable bonds is 4. The number of carbonyl (C=O) groups is 1. The molecule has 1 aromatic heterocycles. The lowest BCUT2D eigenvalue weighted by Gasteiger charge is -2.06. The molecule has 0 bridgehead atoms. The average molecular weight is 424 g/mol. The van der Waals surface area contributed by atoms with Gasteiger partial charge in [0.15, 0.2) is 0 Å². The molecule has 7 heteroatoms. The second-order valence-electron chi connectivity index (χ2n) is 3.67. The predicted octanol–water partition coefficient (Wildman–Crippen LogP) is 4.28. The van der Waals surface area contributed by atoms with E-state index in [1.807, 2.05) is 11.4 Å². The minimum atomic E-state index is -1.38. The molecule has 0 radical (unpaired) electrons. The second-order valence-corrected chi connectivity index (χ2v) is 7.91. The van der Waals surface area contributed by atoms with Gasteiger partial charge in [-0.1, -0.05) is 15.9 Å². The van der Waals surface area contributed by atoms with E-state index in [1.165, 1.54) is 17.4 Å². The SMILES string of the molecule is O=C(O)c1ccc(Br)cc1S(=O)Cc1cc(Br)cs1. The lowest BCUT2D eigenvalue weighted by Crippen LogP contribution is -2.05. The van der Waals surface area contributed by atoms with E-state index in [9.17, 15) is 9.00 Å². The van der Waals surface area contributed by atoms with Gasteiger partial charge in [-0.25, -0.2) is 4.79 Å². The van der Waals surface area contributed by atoms with Crippen LogP contribution in [0.5, 0.6) is 0 Å². The van der Waals surface area contributed by atoms with Crippen LogP contribution < -0.4 is 0 Å².